The summed E-state index contributed by atoms with van der Waals surface area (Å²) < 4.78 is 18.3. The van der Waals surface area contributed by atoms with Gasteiger partial charge in [-0.15, -0.1) is 0 Å². The number of hydrogen-bond donors (Lipinski definition) is 1. The Bertz CT molecular complexity index is 564. The zero-order valence-electron chi connectivity index (χ0n) is 17.3. The van der Waals surface area contributed by atoms with Crippen molar-refractivity contribution in [1.29, 1.82) is 0 Å². The average molecular weight is 414 g/mol. The SMILES string of the molecule is C[Si](C)(C)O[Si](C)(CCCCOC(=O)c1ccc(N)cc1)O[Si](C)(C)C. The lowest BCUT2D eigenvalue weighted by atomic mass is 10.2. The summed E-state index contributed by atoms with van der Waals surface area (Å²) in [5, 5.41) is 0. The standard InChI is InChI=1S/C18H35NO4Si3/c1-24(2,3)22-26(7,23-25(4,5)6)15-9-8-14-21-18(20)16-10-12-17(19)13-11-16/h10-13H,8-9,14-15,19H2,1-7H3. The lowest BCUT2D eigenvalue weighted by Gasteiger charge is -2.38. The zero-order valence-corrected chi connectivity index (χ0v) is 20.3. The van der Waals surface area contributed by atoms with Crippen LogP contribution in [0.5, 0.6) is 0 Å². The quantitative estimate of drug-likeness (QED) is 0.253. The molecule has 0 heterocycles. The number of ether oxygens (including phenoxy) is 1. The summed E-state index contributed by atoms with van der Waals surface area (Å²) in [5.74, 6) is -0.304. The van der Waals surface area contributed by atoms with Gasteiger partial charge in [0.2, 0.25) is 0 Å². The van der Waals surface area contributed by atoms with Crippen LogP contribution in [0.15, 0.2) is 24.3 Å². The van der Waals surface area contributed by atoms with Crippen molar-refractivity contribution in [3.8, 4) is 0 Å². The molecule has 2 N–H and O–H groups in total. The van der Waals surface area contributed by atoms with Crippen molar-refractivity contribution >= 4 is 36.9 Å². The van der Waals surface area contributed by atoms with Crippen LogP contribution in [0.25, 0.3) is 0 Å². The monoisotopic (exact) mass is 413 g/mol. The molecule has 0 saturated heterocycles. The molecular weight excluding hydrogens is 378 g/mol. The molecule has 0 spiro atoms. The van der Waals surface area contributed by atoms with Gasteiger partial charge < -0.3 is 18.7 Å². The van der Waals surface area contributed by atoms with E-state index < -0.39 is 25.2 Å². The minimum atomic E-state index is -2.20. The Kier molecular flexibility index (Phi) is 8.28. The molecule has 0 aliphatic carbocycles. The molecule has 0 radical (unpaired) electrons. The predicted molar refractivity (Wildman–Crippen MR) is 116 cm³/mol. The van der Waals surface area contributed by atoms with Crippen LogP contribution in [-0.4, -0.2) is 37.8 Å². The third kappa shape index (κ3) is 9.67. The Hall–Kier alpha value is -0.939. The highest BCUT2D eigenvalue weighted by atomic mass is 28.5. The van der Waals surface area contributed by atoms with E-state index in [4.69, 9.17) is 18.7 Å². The molecule has 148 valence electrons. The first kappa shape index (κ1) is 23.1. The molecule has 0 fully saturated rings. The van der Waals surface area contributed by atoms with E-state index in [1.807, 2.05) is 0 Å². The third-order valence-electron chi connectivity index (χ3n) is 3.45. The Morgan fingerprint density at radius 3 is 1.85 bits per heavy atom. The first-order valence-electron chi connectivity index (χ1n) is 9.23. The zero-order chi connectivity index (χ0) is 20.0. The van der Waals surface area contributed by atoms with E-state index in [1.165, 1.54) is 0 Å². The Morgan fingerprint density at radius 2 is 1.38 bits per heavy atom. The number of hydrogen-bond acceptors (Lipinski definition) is 5. The van der Waals surface area contributed by atoms with E-state index >= 15 is 0 Å². The number of nitrogen functional groups attached to an aromatic ring is 1. The fourth-order valence-electron chi connectivity index (χ4n) is 2.83. The lowest BCUT2D eigenvalue weighted by Crippen LogP contribution is -2.52. The topological polar surface area (TPSA) is 70.8 Å². The molecule has 5 nitrogen and oxygen atoms in total. The molecule has 0 aliphatic rings. The number of rotatable bonds is 10. The van der Waals surface area contributed by atoms with Crippen molar-refractivity contribution in [3.05, 3.63) is 29.8 Å². The summed E-state index contributed by atoms with van der Waals surface area (Å²) in [7, 11) is -5.53. The van der Waals surface area contributed by atoms with Crippen LogP contribution in [0.3, 0.4) is 0 Å². The average Bonchev–Trinajstić information content (AvgIpc) is 2.43. The van der Waals surface area contributed by atoms with Crippen LogP contribution in [0.2, 0.25) is 51.9 Å². The normalized spacial score (nSPS) is 12.9. The largest absolute Gasteiger partial charge is 0.462 e. The van der Waals surface area contributed by atoms with Gasteiger partial charge in [0.1, 0.15) is 0 Å². The van der Waals surface area contributed by atoms with Gasteiger partial charge in [0.25, 0.3) is 0 Å². The van der Waals surface area contributed by atoms with Gasteiger partial charge in [-0.25, -0.2) is 4.79 Å². The van der Waals surface area contributed by atoms with Gasteiger partial charge in [-0.3, -0.25) is 0 Å². The predicted octanol–water partition coefficient (Wildman–Crippen LogP) is 4.98. The van der Waals surface area contributed by atoms with Crippen molar-refractivity contribution in [2.75, 3.05) is 12.3 Å². The second-order valence-electron chi connectivity index (χ2n) is 8.78. The molecule has 0 aromatic heterocycles. The van der Waals surface area contributed by atoms with Gasteiger partial charge in [0.05, 0.1) is 12.2 Å². The molecule has 1 aromatic rings. The molecule has 0 atom stereocenters. The van der Waals surface area contributed by atoms with Gasteiger partial charge in [-0.2, -0.15) is 0 Å². The minimum absolute atomic E-state index is 0.304. The van der Waals surface area contributed by atoms with Crippen LogP contribution in [-0.2, 0) is 13.0 Å². The second-order valence-corrected chi connectivity index (χ2v) is 21.6. The maximum Gasteiger partial charge on any atom is 0.338 e. The number of unbranched alkanes of at least 4 members (excludes halogenated alkanes) is 1. The molecule has 0 amide bonds. The fraction of sp³-hybridized carbons (Fsp3) is 0.611. The number of nitrogens with two attached hydrogens (primary N) is 1. The van der Waals surface area contributed by atoms with Crippen LogP contribution < -0.4 is 5.73 Å². The van der Waals surface area contributed by atoms with Crippen molar-refractivity contribution in [2.24, 2.45) is 0 Å². The summed E-state index contributed by atoms with van der Waals surface area (Å²) in [6.07, 6.45) is 1.75. The van der Waals surface area contributed by atoms with E-state index in [2.05, 4.69) is 45.8 Å². The molecule has 1 rings (SSSR count). The Balaban J connectivity index is 2.46. The lowest BCUT2D eigenvalue weighted by molar-refractivity contribution is 0.0499. The van der Waals surface area contributed by atoms with Gasteiger partial charge in [-0.05, 0) is 89.0 Å². The second kappa shape index (κ2) is 9.32. The number of carbonyl (C=O) groups is 1. The summed E-state index contributed by atoms with van der Waals surface area (Å²) >= 11 is 0. The van der Waals surface area contributed by atoms with E-state index in [1.54, 1.807) is 24.3 Å². The summed E-state index contributed by atoms with van der Waals surface area (Å²) in [6, 6.07) is 7.71. The van der Waals surface area contributed by atoms with E-state index in [0.717, 1.165) is 18.9 Å². The molecule has 0 unspecified atom stereocenters. The summed E-state index contributed by atoms with van der Waals surface area (Å²) in [6.45, 7) is 15.8. The molecule has 0 bridgehead atoms. The molecule has 1 aromatic carbocycles. The summed E-state index contributed by atoms with van der Waals surface area (Å²) in [5.41, 5.74) is 6.79. The number of anilines is 1. The van der Waals surface area contributed by atoms with Crippen LogP contribution in [0.1, 0.15) is 23.2 Å². The smallest absolute Gasteiger partial charge is 0.338 e. The third-order valence-corrected chi connectivity index (χ3v) is 13.1. The van der Waals surface area contributed by atoms with E-state index in [9.17, 15) is 4.79 Å². The Labute approximate surface area is 161 Å². The van der Waals surface area contributed by atoms with Crippen molar-refractivity contribution < 1.29 is 17.8 Å². The van der Waals surface area contributed by atoms with Crippen molar-refractivity contribution in [1.82, 2.24) is 0 Å². The molecule has 8 heteroatoms. The van der Waals surface area contributed by atoms with Crippen LogP contribution in [0.4, 0.5) is 5.69 Å². The van der Waals surface area contributed by atoms with Gasteiger partial charge >= 0.3 is 14.5 Å². The number of esters is 1. The van der Waals surface area contributed by atoms with Crippen LogP contribution >= 0.6 is 0 Å². The first-order valence-corrected chi connectivity index (χ1v) is 18.6. The fourth-order valence-corrected chi connectivity index (χ4v) is 15.4. The van der Waals surface area contributed by atoms with Crippen molar-refractivity contribution in [3.63, 3.8) is 0 Å². The van der Waals surface area contributed by atoms with E-state index in [0.29, 0.717) is 17.9 Å². The maximum absolute atomic E-state index is 12.0. The van der Waals surface area contributed by atoms with Gasteiger partial charge in [0.15, 0.2) is 16.6 Å². The van der Waals surface area contributed by atoms with Gasteiger partial charge in [-0.1, -0.05) is 0 Å². The van der Waals surface area contributed by atoms with Crippen molar-refractivity contribution in [2.45, 2.75) is 64.7 Å². The number of carbonyl (C=O) groups excluding carboxylic acids is 1. The molecule has 26 heavy (non-hydrogen) atoms. The maximum atomic E-state index is 12.0. The highest BCUT2D eigenvalue weighted by Gasteiger charge is 2.39. The number of benzene rings is 1. The molecular formula is C18H35NO4Si3. The van der Waals surface area contributed by atoms with Crippen LogP contribution in [0, 0.1) is 0 Å². The summed E-state index contributed by atoms with van der Waals surface area (Å²) in [4.78, 5) is 12.0. The highest BCUT2D eigenvalue weighted by molar-refractivity contribution is 6.87. The highest BCUT2D eigenvalue weighted by Crippen LogP contribution is 2.26. The minimum Gasteiger partial charge on any atom is -0.462 e. The first-order chi connectivity index (χ1) is 11.8. The Morgan fingerprint density at radius 1 is 0.885 bits per heavy atom. The van der Waals surface area contributed by atoms with Gasteiger partial charge in [0, 0.05) is 5.69 Å². The van der Waals surface area contributed by atoms with E-state index in [-0.39, 0.29) is 5.97 Å². The molecule has 0 saturated carbocycles. The molecule has 0 aliphatic heterocycles.